The lowest BCUT2D eigenvalue weighted by atomic mass is 10.2. The Hall–Kier alpha value is -10.7. The highest BCUT2D eigenvalue weighted by Crippen LogP contribution is 2.38. The van der Waals surface area contributed by atoms with Gasteiger partial charge in [0.05, 0.1) is 51.8 Å². The zero-order chi connectivity index (χ0) is 67.3. The number of aliphatic hydroxyl groups is 1. The molecule has 0 radical (unpaired) electrons. The van der Waals surface area contributed by atoms with Gasteiger partial charge in [-0.3, -0.25) is 0 Å². The van der Waals surface area contributed by atoms with Gasteiger partial charge >= 0.3 is 0 Å². The van der Waals surface area contributed by atoms with E-state index in [9.17, 15) is 5.11 Å². The number of hydrogen-bond acceptors (Lipinski definition) is 22. The Morgan fingerprint density at radius 3 is 1.48 bits per heavy atom. The van der Waals surface area contributed by atoms with Crippen LogP contribution in [0.25, 0.3) is 48.0 Å². The normalized spacial score (nSPS) is 11.1. The third-order valence-electron chi connectivity index (χ3n) is 14.9. The van der Waals surface area contributed by atoms with E-state index in [1.54, 1.807) is 72.5 Å². The first kappa shape index (κ1) is 68.2. The Bertz CT molecular complexity index is 4590. The minimum absolute atomic E-state index is 0.0301. The lowest BCUT2D eigenvalue weighted by Crippen LogP contribution is -2.41. The molecule has 0 aliphatic heterocycles. The van der Waals surface area contributed by atoms with Crippen LogP contribution in [0.15, 0.2) is 98.8 Å². The molecule has 11 rings (SSSR count). The number of nitrogens with one attached hydrogen (secondary N) is 2. The van der Waals surface area contributed by atoms with E-state index in [0.717, 1.165) is 51.6 Å². The van der Waals surface area contributed by atoms with Crippen LogP contribution in [-0.2, 0) is 25.6 Å². The van der Waals surface area contributed by atoms with E-state index in [2.05, 4.69) is 119 Å². The van der Waals surface area contributed by atoms with E-state index in [0.29, 0.717) is 122 Å². The van der Waals surface area contributed by atoms with E-state index in [1.165, 1.54) is 18.7 Å². The summed E-state index contributed by atoms with van der Waals surface area (Å²) in [6.07, 6.45) is 14.1. The van der Waals surface area contributed by atoms with Crippen molar-refractivity contribution in [2.24, 2.45) is 21.1 Å². The molecule has 478 valence electrons. The molecule has 11 aromatic heterocycles. The maximum Gasteiger partial charge on any atom is 0.269 e. The summed E-state index contributed by atoms with van der Waals surface area (Å²) in [7, 11) is 3.82. The summed E-state index contributed by atoms with van der Waals surface area (Å²) in [4.78, 5) is 69.4. The molecule has 11 aromatic rings. The second-order valence-corrected chi connectivity index (χ2v) is 28.3. The van der Waals surface area contributed by atoms with Crippen LogP contribution in [0.1, 0.15) is 50.3 Å². The molecule has 0 bridgehead atoms. The van der Waals surface area contributed by atoms with Gasteiger partial charge in [-0.05, 0) is 86.6 Å². The Morgan fingerprint density at radius 2 is 1.00 bits per heavy atom. The number of anilines is 11. The van der Waals surface area contributed by atoms with Crippen LogP contribution < -0.4 is 37.6 Å². The van der Waals surface area contributed by atoms with Gasteiger partial charge < -0.3 is 75.4 Å². The van der Waals surface area contributed by atoms with E-state index >= 15 is 0 Å². The molecule has 0 aliphatic carbocycles. The number of pyridine rings is 6. The summed E-state index contributed by atoms with van der Waals surface area (Å²) in [6.45, 7) is 40.4. The lowest BCUT2D eigenvalue weighted by molar-refractivity contribution is 0.284. The third-order valence-corrected chi connectivity index (χ3v) is 20.0. The molecule has 0 aromatic carbocycles. The van der Waals surface area contributed by atoms with Crippen LogP contribution in [0, 0.1) is 40.5 Å². The molecule has 0 saturated carbocycles. The highest BCUT2D eigenvalue weighted by molar-refractivity contribution is 6.74. The van der Waals surface area contributed by atoms with Gasteiger partial charge in [-0.1, -0.05) is 63.7 Å². The summed E-state index contributed by atoms with van der Waals surface area (Å²) in [6, 6.07) is 13.8. The van der Waals surface area contributed by atoms with Crippen molar-refractivity contribution in [2.45, 2.75) is 72.5 Å². The molecule has 0 atom stereocenters. The predicted octanol–water partition coefficient (Wildman–Crippen LogP) is 12.5. The summed E-state index contributed by atoms with van der Waals surface area (Å²) >= 11 is 12.8. The highest BCUT2D eigenvalue weighted by atomic mass is 35.5. The van der Waals surface area contributed by atoms with Gasteiger partial charge in [0, 0.05) is 77.8 Å². The minimum atomic E-state index is -1.81. The molecule has 11 heterocycles. The number of aryl methyl sites for hydroxylation is 6. The van der Waals surface area contributed by atoms with Crippen LogP contribution in [0.4, 0.5) is 80.9 Å². The van der Waals surface area contributed by atoms with Gasteiger partial charge in [-0.25, -0.2) is 49.8 Å². The third kappa shape index (κ3) is 16.8. The van der Waals surface area contributed by atoms with Crippen LogP contribution in [0.2, 0.25) is 28.2 Å². The monoisotopic (exact) mass is 1310 g/mol. The highest BCUT2D eigenvalue weighted by Gasteiger charge is 2.37. The van der Waals surface area contributed by atoms with Crippen molar-refractivity contribution >= 4 is 146 Å². The van der Waals surface area contributed by atoms with Gasteiger partial charge in [0.25, 0.3) is 17.5 Å². The zero-order valence-electron chi connectivity index (χ0n) is 53.2. The van der Waals surface area contributed by atoms with E-state index in [-0.39, 0.29) is 11.6 Å². The van der Waals surface area contributed by atoms with Crippen LogP contribution >= 0.6 is 23.2 Å². The van der Waals surface area contributed by atoms with E-state index < -0.39 is 8.32 Å². The fourth-order valence-electron chi connectivity index (χ4n) is 8.93. The van der Waals surface area contributed by atoms with E-state index in [1.807, 2.05) is 68.1 Å². The number of nitrogens with two attached hydrogens (primary N) is 3. The fourth-order valence-corrected chi connectivity index (χ4v) is 10.5. The number of imidazole rings is 3. The van der Waals surface area contributed by atoms with Crippen molar-refractivity contribution in [3.05, 3.63) is 160 Å². The number of hydrogen-bond donors (Lipinski definition) is 6. The standard InChI is InChI=1S/C23H31ClN6OSi.C21H22N10O.C14H11ClN6.C4H6N4/c1-16-12-19(25-5)26-14-18(16)30(10-9-11-31-32(7,8)23(2,3)4)20-13-17(24)21-22(28-20)29(6)15-27-21;1-13-7-17(23-2)24-10-15(13)31(5-4-6-32)19-8-14(20-21(29-19)30(3)12-27-20)28-18-9-16(22)25-11-26-18;1-8-4-11(16-2)17-6-10(8)19-12-5-9(15)13-14(20-12)21(3)7-18-13;5-3-1-4(6)8-2-7-3/h12-15H,9-11H2,1-4,6-8H3;7-12,32H,4-6H2,1,3H3,(H3,22,25,26,28,29);4-7H,1,3H3,(H,19,20);1-2H,(H4,5,6,7,8). The topological polar surface area (TPSA) is 333 Å². The average Bonchev–Trinajstić information content (AvgIpc) is 1.76. The molecule has 0 spiro atoms. The number of nitrogens with zero attached hydrogens (tertiary/aromatic N) is 21. The van der Waals surface area contributed by atoms with Crippen LogP contribution in [-0.4, -0.2) is 118 Å². The quantitative estimate of drug-likeness (QED) is 0.0297. The van der Waals surface area contributed by atoms with Gasteiger partial charge in [-0.2, -0.15) is 0 Å². The van der Waals surface area contributed by atoms with Gasteiger partial charge in [0.15, 0.2) is 25.3 Å². The SMILES string of the molecule is Nc1cc(N)ncn1.[C-]#[N+]c1cc(C)c(N(CCCO)c2cc(Nc3cc(N)ncn3)c3ncn(C)c3n2)cn1.[C-]#[N+]c1cc(C)c(N(CCCO[Si](C)(C)C(C)(C)C)c2cc(Cl)c3ncn(C)c3n2)cn1.[C-]#[N+]c1cc(C)c(Nc2cc(Cl)c3ncn(C)c3n2)cn1. The molecule has 0 saturated heterocycles. The molecule has 0 unspecified atom stereocenters. The smallest absolute Gasteiger partial charge is 0.269 e. The summed E-state index contributed by atoms with van der Waals surface area (Å²) < 4.78 is 11.9. The second-order valence-electron chi connectivity index (χ2n) is 22.7. The number of halogens is 2. The largest absolute Gasteiger partial charge is 0.417 e. The first-order valence-electron chi connectivity index (χ1n) is 28.9. The predicted molar refractivity (Wildman–Crippen MR) is 369 cm³/mol. The molecule has 93 heavy (non-hydrogen) atoms. The molecule has 0 amide bonds. The number of aliphatic hydroxyl groups excluding tert-OH is 1. The Kier molecular flexibility index (Phi) is 21.9. The van der Waals surface area contributed by atoms with Gasteiger partial charge in [-0.15, -0.1) is 15.0 Å². The van der Waals surface area contributed by atoms with Crippen molar-refractivity contribution < 1.29 is 9.53 Å². The summed E-state index contributed by atoms with van der Waals surface area (Å²) in [5, 5.41) is 17.1. The van der Waals surface area contributed by atoms with Crippen molar-refractivity contribution in [2.75, 3.05) is 63.9 Å². The van der Waals surface area contributed by atoms with Crippen LogP contribution in [0.5, 0.6) is 0 Å². The zero-order valence-corrected chi connectivity index (χ0v) is 55.7. The van der Waals surface area contributed by atoms with Gasteiger partial charge in [0.1, 0.15) is 88.5 Å². The maximum absolute atomic E-state index is 9.46. The Labute approximate surface area is 548 Å². The summed E-state index contributed by atoms with van der Waals surface area (Å²) in [5.41, 5.74) is 26.3. The van der Waals surface area contributed by atoms with Crippen molar-refractivity contribution in [1.82, 2.24) is 78.5 Å². The molecule has 0 fully saturated rings. The average molecular weight is 1310 g/mol. The van der Waals surface area contributed by atoms with Crippen molar-refractivity contribution in [1.29, 1.82) is 0 Å². The van der Waals surface area contributed by atoms with E-state index in [4.69, 9.17) is 74.5 Å². The number of aromatic nitrogens is 16. The molecular formula is C62H70Cl2N26O2Si. The molecule has 0 aliphatic rings. The molecule has 9 N–H and O–H groups in total. The number of rotatable bonds is 16. The molecular weight excluding hydrogens is 1240 g/mol. The second kappa shape index (κ2) is 29.9. The Morgan fingerprint density at radius 1 is 0.548 bits per heavy atom. The first-order valence-corrected chi connectivity index (χ1v) is 32.5. The Balaban J connectivity index is 0.000000172. The minimum Gasteiger partial charge on any atom is -0.417 e. The van der Waals surface area contributed by atoms with Gasteiger partial charge in [0.2, 0.25) is 0 Å². The number of fused-ring (bicyclic) bond motifs is 3. The molecule has 28 nitrogen and oxygen atoms in total. The summed E-state index contributed by atoms with van der Waals surface area (Å²) in [5.74, 6) is 4.71. The lowest BCUT2D eigenvalue weighted by Gasteiger charge is -2.36. The van der Waals surface area contributed by atoms with Crippen LogP contribution in [0.3, 0.4) is 0 Å². The van der Waals surface area contributed by atoms with Crippen molar-refractivity contribution in [3.63, 3.8) is 0 Å². The first-order chi connectivity index (χ1) is 44.3. The fraction of sp³-hybridized carbons (Fsp3) is 0.290. The van der Waals surface area contributed by atoms with Crippen molar-refractivity contribution in [3.8, 4) is 0 Å². The number of nitrogen functional groups attached to an aromatic ring is 3. The maximum atomic E-state index is 9.46. The molecule has 31 heteroatoms.